The fraction of sp³-hybridized carbons (Fsp3) is 0.344. The first-order valence-corrected chi connectivity index (χ1v) is 25.0. The second-order valence-corrected chi connectivity index (χ2v) is 24.7. The first-order chi connectivity index (χ1) is 31.1. The monoisotopic (exact) mass is 887 g/mol. The van der Waals surface area contributed by atoms with Crippen LogP contribution in [0.3, 0.4) is 0 Å². The van der Waals surface area contributed by atoms with Crippen LogP contribution in [0.1, 0.15) is 129 Å². The van der Waals surface area contributed by atoms with Crippen LogP contribution in [0.25, 0.3) is 81.8 Å². The van der Waals surface area contributed by atoms with Crippen molar-refractivity contribution in [2.45, 2.75) is 124 Å². The van der Waals surface area contributed by atoms with Crippen molar-refractivity contribution < 1.29 is 0 Å². The van der Waals surface area contributed by atoms with E-state index >= 15 is 0 Å². The number of aromatic nitrogens is 3. The van der Waals surface area contributed by atoms with Gasteiger partial charge in [-0.3, -0.25) is 4.90 Å². The zero-order valence-electron chi connectivity index (χ0n) is 41.4. The number of hydrogen-bond acceptors (Lipinski definition) is 2. The third-order valence-electron chi connectivity index (χ3n) is 14.9. The maximum Gasteiger partial charge on any atom is 0.100 e. The van der Waals surface area contributed by atoms with Gasteiger partial charge in [0.25, 0.3) is 0 Å². The second-order valence-electron chi connectivity index (χ2n) is 23.7. The summed E-state index contributed by atoms with van der Waals surface area (Å²) < 4.78 is 7.57. The number of fused-ring (bicyclic) bond motifs is 9. The van der Waals surface area contributed by atoms with Gasteiger partial charge in [0.2, 0.25) is 0 Å². The molecular weight excluding hydrogens is 821 g/mol. The number of hydrogen-bond donors (Lipinski definition) is 0. The highest BCUT2D eigenvalue weighted by molar-refractivity contribution is 7.14. The maximum absolute atomic E-state index is 2.54. The van der Waals surface area contributed by atoms with Crippen molar-refractivity contribution in [1.82, 2.24) is 18.6 Å². The normalized spacial score (nSPS) is 15.9. The Hall–Kier alpha value is -5.62. The quantitative estimate of drug-likeness (QED) is 0.172. The molecule has 336 valence electrons. The fourth-order valence-corrected chi connectivity index (χ4v) is 12.1. The molecule has 6 aromatic carbocycles. The van der Waals surface area contributed by atoms with Crippen LogP contribution in [-0.4, -0.2) is 32.2 Å². The molecule has 1 aliphatic heterocycles. The molecule has 0 aliphatic carbocycles. The lowest BCUT2D eigenvalue weighted by molar-refractivity contribution is 0.321. The first-order valence-electron chi connectivity index (χ1n) is 24.2. The number of benzene rings is 6. The summed E-state index contributed by atoms with van der Waals surface area (Å²) in [4.78, 5) is 3.98. The largest absolute Gasteiger partial charge is 0.309 e. The van der Waals surface area contributed by atoms with Crippen LogP contribution in [0.15, 0.2) is 121 Å². The first kappa shape index (κ1) is 43.0. The zero-order valence-corrected chi connectivity index (χ0v) is 42.3. The van der Waals surface area contributed by atoms with Gasteiger partial charge in [-0.2, -0.15) is 0 Å². The number of nitrogens with zero attached hydrogens (tertiary/aromatic N) is 4. The summed E-state index contributed by atoms with van der Waals surface area (Å²) in [5.74, 6) is 0. The van der Waals surface area contributed by atoms with Gasteiger partial charge in [0.15, 0.2) is 0 Å². The van der Waals surface area contributed by atoms with Crippen molar-refractivity contribution in [2.24, 2.45) is 0 Å². The van der Waals surface area contributed by atoms with Gasteiger partial charge in [-0.15, -0.1) is 11.3 Å². The van der Waals surface area contributed by atoms with Crippen LogP contribution in [0.2, 0.25) is 0 Å². The molecular formula is C61H66N4S. The minimum Gasteiger partial charge on any atom is -0.309 e. The van der Waals surface area contributed by atoms with E-state index in [2.05, 4.69) is 230 Å². The second kappa shape index (κ2) is 14.7. The summed E-state index contributed by atoms with van der Waals surface area (Å²) in [5.41, 5.74) is 15.4. The van der Waals surface area contributed by atoms with E-state index in [1.807, 2.05) is 11.3 Å². The lowest BCUT2D eigenvalue weighted by Gasteiger charge is -2.19. The fourth-order valence-electron chi connectivity index (χ4n) is 10.9. The van der Waals surface area contributed by atoms with Gasteiger partial charge in [0, 0.05) is 54.6 Å². The molecule has 0 radical (unpaired) electrons. The molecule has 1 unspecified atom stereocenters. The van der Waals surface area contributed by atoms with Gasteiger partial charge in [-0.05, 0) is 167 Å². The molecule has 0 saturated carbocycles. The molecule has 11 rings (SSSR count). The zero-order chi connectivity index (χ0) is 46.4. The molecule has 0 N–H and O–H groups in total. The van der Waals surface area contributed by atoms with Crippen molar-refractivity contribution in [3.63, 3.8) is 0 Å². The molecule has 1 saturated heterocycles. The Bertz CT molecular complexity index is 3220. The molecule has 0 spiro atoms. The summed E-state index contributed by atoms with van der Waals surface area (Å²) in [6.45, 7) is 29.0. The molecule has 4 aromatic heterocycles. The van der Waals surface area contributed by atoms with Gasteiger partial charge in [-0.25, -0.2) is 0 Å². The van der Waals surface area contributed by atoms with Gasteiger partial charge < -0.3 is 13.7 Å². The maximum atomic E-state index is 2.54. The number of rotatable bonds is 4. The van der Waals surface area contributed by atoms with Crippen molar-refractivity contribution in [3.05, 3.63) is 148 Å². The molecule has 1 aliphatic rings. The average molecular weight is 887 g/mol. The van der Waals surface area contributed by atoms with Crippen LogP contribution >= 0.6 is 11.3 Å². The van der Waals surface area contributed by atoms with E-state index in [4.69, 9.17) is 0 Å². The predicted octanol–water partition coefficient (Wildman–Crippen LogP) is 17.0. The SMILES string of the molecule is CN1CCCC1c1ccc(-n2c3ccc(-n4c5ccc(C(C)(C)C)cc5c5cc(C(C)(C)C)ccc54)cc3c3cc(-n4c5ccc(C(C)(C)C)cc5c5cc(C(C)(C)C)ccc54)ccc32)s1. The van der Waals surface area contributed by atoms with Crippen molar-refractivity contribution in [1.29, 1.82) is 0 Å². The highest BCUT2D eigenvalue weighted by Gasteiger charge is 2.27. The molecule has 4 nitrogen and oxygen atoms in total. The lowest BCUT2D eigenvalue weighted by Crippen LogP contribution is -2.16. The third kappa shape index (κ3) is 6.86. The Kier molecular flexibility index (Phi) is 9.57. The van der Waals surface area contributed by atoms with E-state index in [0.29, 0.717) is 6.04 Å². The van der Waals surface area contributed by atoms with E-state index in [1.54, 1.807) is 0 Å². The van der Waals surface area contributed by atoms with Crippen LogP contribution in [0.5, 0.6) is 0 Å². The Balaban J connectivity index is 1.19. The number of likely N-dealkylation sites (tertiary alicyclic amines) is 1. The molecule has 10 aromatic rings. The molecule has 66 heavy (non-hydrogen) atoms. The summed E-state index contributed by atoms with van der Waals surface area (Å²) in [7, 11) is 2.28. The summed E-state index contributed by atoms with van der Waals surface area (Å²) in [6, 6.07) is 48.3. The van der Waals surface area contributed by atoms with Crippen LogP contribution in [-0.2, 0) is 21.7 Å². The lowest BCUT2D eigenvalue weighted by atomic mass is 9.85. The molecule has 0 amide bonds. The topological polar surface area (TPSA) is 18.0 Å². The van der Waals surface area contributed by atoms with E-state index < -0.39 is 0 Å². The van der Waals surface area contributed by atoms with Crippen LogP contribution in [0, 0.1) is 0 Å². The smallest absolute Gasteiger partial charge is 0.100 e. The summed E-state index contributed by atoms with van der Waals surface area (Å²) in [5, 5.41) is 9.04. The molecule has 1 fully saturated rings. The summed E-state index contributed by atoms with van der Waals surface area (Å²) in [6.07, 6.45) is 2.47. The third-order valence-corrected chi connectivity index (χ3v) is 16.1. The molecule has 1 atom stereocenters. The van der Waals surface area contributed by atoms with E-state index in [0.717, 1.165) is 6.54 Å². The van der Waals surface area contributed by atoms with Gasteiger partial charge in [0.1, 0.15) is 5.00 Å². The van der Waals surface area contributed by atoms with Gasteiger partial charge in [0.05, 0.1) is 33.1 Å². The van der Waals surface area contributed by atoms with Crippen molar-refractivity contribution >= 4 is 76.8 Å². The predicted molar refractivity (Wildman–Crippen MR) is 287 cm³/mol. The van der Waals surface area contributed by atoms with E-state index in [9.17, 15) is 0 Å². The number of thiophene rings is 1. The molecule has 0 bridgehead atoms. The van der Waals surface area contributed by atoms with Crippen LogP contribution < -0.4 is 0 Å². The Labute approximate surface area is 395 Å². The van der Waals surface area contributed by atoms with Crippen LogP contribution in [0.4, 0.5) is 0 Å². The minimum atomic E-state index is 0.0393. The molecule has 5 heteroatoms. The highest BCUT2D eigenvalue weighted by Crippen LogP contribution is 2.44. The van der Waals surface area contributed by atoms with Gasteiger partial charge >= 0.3 is 0 Å². The van der Waals surface area contributed by atoms with Crippen molar-refractivity contribution in [3.8, 4) is 16.4 Å². The highest BCUT2D eigenvalue weighted by atomic mass is 32.1. The molecule has 5 heterocycles. The van der Waals surface area contributed by atoms with E-state index in [1.165, 1.54) is 122 Å². The van der Waals surface area contributed by atoms with Crippen molar-refractivity contribution in [2.75, 3.05) is 13.6 Å². The Morgan fingerprint density at radius 1 is 0.394 bits per heavy atom. The summed E-state index contributed by atoms with van der Waals surface area (Å²) >= 11 is 1.96. The van der Waals surface area contributed by atoms with Gasteiger partial charge in [-0.1, -0.05) is 107 Å². The Morgan fingerprint density at radius 2 is 0.727 bits per heavy atom. The minimum absolute atomic E-state index is 0.0393. The Morgan fingerprint density at radius 3 is 1.06 bits per heavy atom. The average Bonchev–Trinajstić information content (AvgIpc) is 4.09. The van der Waals surface area contributed by atoms with E-state index in [-0.39, 0.29) is 21.7 Å². The standard InChI is InChI=1S/C61H66N4S/c1-58(2,3)37-16-22-49-43(31-37)44-32-38(59(4,5)6)17-23-50(44)63(49)41-20-26-53-47(35-41)48-36-42(21-27-54(48)65(53)57-29-28-56(66-57)55-15-14-30-62(55)13)64-51-24-18-39(60(7,8)9)33-45(51)46-34-40(61(10,11)12)19-25-52(46)64/h16-29,31-36,55H,14-15,30H2,1-13H3.